The van der Waals surface area contributed by atoms with E-state index in [1.807, 2.05) is 27.0 Å². The molecule has 1 aliphatic carbocycles. The van der Waals surface area contributed by atoms with Crippen LogP contribution in [0.25, 0.3) is 0 Å². The van der Waals surface area contributed by atoms with Crippen LogP contribution in [0.5, 0.6) is 0 Å². The van der Waals surface area contributed by atoms with Crippen molar-refractivity contribution in [3.05, 3.63) is 35.4 Å². The fraction of sp³-hybridized carbons (Fsp3) is 0.533. The zero-order valence-corrected chi connectivity index (χ0v) is 11.4. The number of likely N-dealkylation sites (N-methyl/N-ethyl adjacent to an activating group) is 1. The summed E-state index contributed by atoms with van der Waals surface area (Å²) in [6.07, 6.45) is 3.29. The van der Waals surface area contributed by atoms with Gasteiger partial charge in [-0.15, -0.1) is 0 Å². The Hall–Kier alpha value is -1.35. The Morgan fingerprint density at radius 3 is 2.78 bits per heavy atom. The van der Waals surface area contributed by atoms with E-state index in [1.54, 1.807) is 0 Å². The summed E-state index contributed by atoms with van der Waals surface area (Å²) in [5, 5.41) is 6.21. The molecule has 0 saturated heterocycles. The third-order valence-electron chi connectivity index (χ3n) is 3.87. The highest BCUT2D eigenvalue weighted by Gasteiger charge is 2.29. The van der Waals surface area contributed by atoms with E-state index in [-0.39, 0.29) is 11.9 Å². The molecule has 1 atom stereocenters. The average molecular weight is 246 g/mol. The zero-order valence-electron chi connectivity index (χ0n) is 11.4. The van der Waals surface area contributed by atoms with Gasteiger partial charge in [0.05, 0.1) is 11.6 Å². The van der Waals surface area contributed by atoms with Crippen LogP contribution < -0.4 is 10.6 Å². The van der Waals surface area contributed by atoms with E-state index in [2.05, 4.69) is 28.8 Å². The SMILES string of the molecule is CNC(C)(C)C(=O)NC1CCCc2ccccc21. The minimum Gasteiger partial charge on any atom is -0.348 e. The summed E-state index contributed by atoms with van der Waals surface area (Å²) in [7, 11) is 1.81. The third-order valence-corrected chi connectivity index (χ3v) is 3.87. The summed E-state index contributed by atoms with van der Waals surface area (Å²) >= 11 is 0. The van der Waals surface area contributed by atoms with Crippen molar-refractivity contribution in [3.8, 4) is 0 Å². The summed E-state index contributed by atoms with van der Waals surface area (Å²) in [5.41, 5.74) is 2.13. The van der Waals surface area contributed by atoms with Crippen molar-refractivity contribution in [1.29, 1.82) is 0 Å². The Kier molecular flexibility index (Phi) is 3.71. The van der Waals surface area contributed by atoms with Crippen LogP contribution in [-0.4, -0.2) is 18.5 Å². The smallest absolute Gasteiger partial charge is 0.240 e. The lowest BCUT2D eigenvalue weighted by atomic mass is 9.87. The van der Waals surface area contributed by atoms with Crippen molar-refractivity contribution >= 4 is 5.91 Å². The maximum atomic E-state index is 12.2. The van der Waals surface area contributed by atoms with E-state index >= 15 is 0 Å². The van der Waals surface area contributed by atoms with E-state index in [0.717, 1.165) is 19.3 Å². The molecule has 0 aliphatic heterocycles. The fourth-order valence-electron chi connectivity index (χ4n) is 2.36. The highest BCUT2D eigenvalue weighted by Crippen LogP contribution is 2.29. The topological polar surface area (TPSA) is 41.1 Å². The molecule has 1 unspecified atom stereocenters. The van der Waals surface area contributed by atoms with Crippen molar-refractivity contribution in [3.63, 3.8) is 0 Å². The summed E-state index contributed by atoms with van der Waals surface area (Å²) < 4.78 is 0. The highest BCUT2D eigenvalue weighted by atomic mass is 16.2. The minimum absolute atomic E-state index is 0.0618. The molecule has 0 bridgehead atoms. The molecule has 1 aromatic carbocycles. The monoisotopic (exact) mass is 246 g/mol. The Labute approximate surface area is 109 Å². The first-order valence-corrected chi connectivity index (χ1v) is 6.62. The molecule has 0 aromatic heterocycles. The van der Waals surface area contributed by atoms with E-state index in [1.165, 1.54) is 11.1 Å². The van der Waals surface area contributed by atoms with Crippen LogP contribution in [0.4, 0.5) is 0 Å². The van der Waals surface area contributed by atoms with Crippen LogP contribution in [-0.2, 0) is 11.2 Å². The number of carbonyl (C=O) groups excluding carboxylic acids is 1. The highest BCUT2D eigenvalue weighted by molar-refractivity contribution is 5.85. The van der Waals surface area contributed by atoms with Crippen LogP contribution in [0.2, 0.25) is 0 Å². The molecule has 0 spiro atoms. The molecule has 3 nitrogen and oxygen atoms in total. The van der Waals surface area contributed by atoms with Gasteiger partial charge in [-0.1, -0.05) is 24.3 Å². The summed E-state index contributed by atoms with van der Waals surface area (Å²) in [4.78, 5) is 12.2. The molecule has 0 fully saturated rings. The molecule has 1 aliphatic rings. The van der Waals surface area contributed by atoms with Gasteiger partial charge in [0.25, 0.3) is 0 Å². The van der Waals surface area contributed by atoms with E-state index in [9.17, 15) is 4.79 Å². The van der Waals surface area contributed by atoms with Crippen molar-refractivity contribution in [2.45, 2.75) is 44.7 Å². The first-order chi connectivity index (χ1) is 8.54. The molecule has 0 radical (unpaired) electrons. The van der Waals surface area contributed by atoms with Crippen LogP contribution in [0.15, 0.2) is 24.3 Å². The van der Waals surface area contributed by atoms with E-state index in [4.69, 9.17) is 0 Å². The van der Waals surface area contributed by atoms with Gasteiger partial charge in [0.1, 0.15) is 0 Å². The standard InChI is InChI=1S/C15H22N2O/c1-15(2,16-3)14(18)17-13-10-6-8-11-7-4-5-9-12(11)13/h4-5,7,9,13,16H,6,8,10H2,1-3H3,(H,17,18). The zero-order chi connectivity index (χ0) is 13.2. The van der Waals surface area contributed by atoms with Gasteiger partial charge in [0.2, 0.25) is 5.91 Å². The average Bonchev–Trinajstić information content (AvgIpc) is 2.39. The molecule has 2 rings (SSSR count). The molecule has 0 heterocycles. The largest absolute Gasteiger partial charge is 0.348 e. The first kappa shape index (κ1) is 13.1. The van der Waals surface area contributed by atoms with Gasteiger partial charge in [-0.05, 0) is 51.3 Å². The summed E-state index contributed by atoms with van der Waals surface area (Å²) in [5.74, 6) is 0.0618. The predicted octanol–water partition coefficient (Wildman–Crippen LogP) is 2.18. The first-order valence-electron chi connectivity index (χ1n) is 6.62. The molecule has 2 N–H and O–H groups in total. The van der Waals surface area contributed by atoms with Crippen LogP contribution in [0.1, 0.15) is 43.9 Å². The number of hydrogen-bond donors (Lipinski definition) is 2. The van der Waals surface area contributed by atoms with Crippen LogP contribution >= 0.6 is 0 Å². The summed E-state index contributed by atoms with van der Waals surface area (Å²) in [6.45, 7) is 3.80. The van der Waals surface area contributed by atoms with Gasteiger partial charge in [-0.3, -0.25) is 4.79 Å². The molecule has 98 valence electrons. The Balaban J connectivity index is 2.15. The quantitative estimate of drug-likeness (QED) is 0.858. The second-order valence-electron chi connectivity index (χ2n) is 5.49. The normalized spacial score (nSPS) is 19.2. The number of benzene rings is 1. The van der Waals surface area contributed by atoms with Crippen molar-refractivity contribution < 1.29 is 4.79 Å². The van der Waals surface area contributed by atoms with Gasteiger partial charge in [-0.2, -0.15) is 0 Å². The minimum atomic E-state index is -0.521. The second-order valence-corrected chi connectivity index (χ2v) is 5.49. The maximum Gasteiger partial charge on any atom is 0.240 e. The fourth-order valence-corrected chi connectivity index (χ4v) is 2.36. The van der Waals surface area contributed by atoms with Gasteiger partial charge in [-0.25, -0.2) is 0 Å². The summed E-state index contributed by atoms with van der Waals surface area (Å²) in [6, 6.07) is 8.57. The number of aryl methyl sites for hydroxylation is 1. The molecule has 0 saturated carbocycles. The lowest BCUT2D eigenvalue weighted by molar-refractivity contribution is -0.127. The van der Waals surface area contributed by atoms with Crippen molar-refractivity contribution in [2.75, 3.05) is 7.05 Å². The number of nitrogens with one attached hydrogen (secondary N) is 2. The lowest BCUT2D eigenvalue weighted by Crippen LogP contribution is -2.52. The lowest BCUT2D eigenvalue weighted by Gasteiger charge is -2.30. The second kappa shape index (κ2) is 5.11. The number of fused-ring (bicyclic) bond motifs is 1. The number of amides is 1. The Bertz CT molecular complexity index is 440. The van der Waals surface area contributed by atoms with Crippen LogP contribution in [0.3, 0.4) is 0 Å². The molecule has 3 heteroatoms. The number of rotatable bonds is 3. The molecule has 1 aromatic rings. The molecular weight excluding hydrogens is 224 g/mol. The van der Waals surface area contributed by atoms with Gasteiger partial charge in [0, 0.05) is 0 Å². The van der Waals surface area contributed by atoms with Gasteiger partial charge >= 0.3 is 0 Å². The third kappa shape index (κ3) is 2.56. The molecule has 1 amide bonds. The van der Waals surface area contributed by atoms with Crippen molar-refractivity contribution in [1.82, 2.24) is 10.6 Å². The predicted molar refractivity (Wildman–Crippen MR) is 73.4 cm³/mol. The molecule has 18 heavy (non-hydrogen) atoms. The van der Waals surface area contributed by atoms with Gasteiger partial charge < -0.3 is 10.6 Å². The van der Waals surface area contributed by atoms with Gasteiger partial charge in [0.15, 0.2) is 0 Å². The molecular formula is C15H22N2O. The number of carbonyl (C=O) groups is 1. The van der Waals surface area contributed by atoms with Crippen LogP contribution in [0, 0.1) is 0 Å². The Morgan fingerprint density at radius 2 is 2.06 bits per heavy atom. The van der Waals surface area contributed by atoms with E-state index in [0.29, 0.717) is 0 Å². The Morgan fingerprint density at radius 1 is 1.33 bits per heavy atom. The number of hydrogen-bond acceptors (Lipinski definition) is 2. The maximum absolute atomic E-state index is 12.2. The van der Waals surface area contributed by atoms with Crippen molar-refractivity contribution in [2.24, 2.45) is 0 Å². The van der Waals surface area contributed by atoms with E-state index < -0.39 is 5.54 Å².